The average molecular weight is 848 g/mol. The highest BCUT2D eigenvalue weighted by Crippen LogP contribution is 2.42. The van der Waals surface area contributed by atoms with E-state index < -0.39 is 108 Å². The normalized spacial score (nSPS) is 43.9. The second kappa shape index (κ2) is 20.3. The Bertz CT molecular complexity index is 1620. The maximum absolute atomic E-state index is 14.4. The molecule has 0 radical (unpaired) electrons. The van der Waals surface area contributed by atoms with Crippen molar-refractivity contribution in [1.29, 1.82) is 0 Å². The Hall–Kier alpha value is -2.52. The second-order valence-corrected chi connectivity index (χ2v) is 18.4. The summed E-state index contributed by atoms with van der Waals surface area (Å²) in [6.45, 7) is 17.6. The maximum atomic E-state index is 14.4. The largest absolute Gasteiger partial charge is 0.459 e. The van der Waals surface area contributed by atoms with Crippen LogP contribution < -0.4 is 0 Å². The van der Waals surface area contributed by atoms with Crippen LogP contribution >= 0.6 is 0 Å². The third-order valence-electron chi connectivity index (χ3n) is 13.7. The van der Waals surface area contributed by atoms with Crippen molar-refractivity contribution in [1.82, 2.24) is 4.90 Å². The summed E-state index contributed by atoms with van der Waals surface area (Å²) in [6.07, 6.45) is -3.73. The van der Waals surface area contributed by atoms with Gasteiger partial charge in [-0.15, -0.1) is 6.42 Å². The van der Waals surface area contributed by atoms with Crippen LogP contribution in [-0.2, 0) is 49.3 Å². The number of hydrogen-bond acceptors (Lipinski definition) is 14. The van der Waals surface area contributed by atoms with Gasteiger partial charge in [-0.1, -0.05) is 45.7 Å². The lowest BCUT2D eigenvalue weighted by Gasteiger charge is -2.50. The molecule has 3 aliphatic heterocycles. The standard InChI is InChI=1S/C46H73NO13/c1-15-31-17-19-32(20-18-31)24-47(12)33-21-26(4)56-43(37(33)49)60-41-28(6)38(59-35-23-44(9,54-13)40(51)30(8)57-35)29(7)42(52)58-34(16-2)46(11,53)39(50)27(5)36(48)25(3)22-45(41,10)55-14/h1,17-20,25-30,33-35,37-41,43,49-51,53H,16,21-24H2,2-14H3/t25-,26-,27+,28+,29-,30+,33+,34-,35+,37+,38+,39-,40+,41-,43+,44-,45-,46-/m1/s1. The minimum Gasteiger partial charge on any atom is -0.459 e. The van der Waals surface area contributed by atoms with Gasteiger partial charge in [-0.25, -0.2) is 0 Å². The molecule has 4 rings (SSSR count). The molecule has 3 heterocycles. The van der Waals surface area contributed by atoms with E-state index in [1.807, 2.05) is 45.2 Å². The summed E-state index contributed by atoms with van der Waals surface area (Å²) in [7, 11) is 4.94. The summed E-state index contributed by atoms with van der Waals surface area (Å²) in [5.41, 5.74) is -2.56. The number of methoxy groups -OCH3 is 2. The Labute approximate surface area is 357 Å². The summed E-state index contributed by atoms with van der Waals surface area (Å²) in [6, 6.07) is 7.28. The zero-order valence-corrected chi connectivity index (χ0v) is 38.0. The summed E-state index contributed by atoms with van der Waals surface area (Å²) in [5.74, 6) is -2.00. The van der Waals surface area contributed by atoms with E-state index in [0.717, 1.165) is 11.1 Å². The lowest BCUT2D eigenvalue weighted by atomic mass is 9.74. The molecule has 3 saturated heterocycles. The zero-order chi connectivity index (χ0) is 45.1. The molecule has 3 aliphatic rings. The SMILES string of the molecule is C#Cc1ccc(CN(C)[C@H]2C[C@@H](C)O[C@@H](O[C@@H]3[C@@H](C)[C@H](O[C@H]4C[C@@](C)(OC)[C@@H](O)[C@H](C)O4)[C@@H](C)C(=O)O[C@H](CC)[C@@](C)(O)[C@H](O)[C@@H](C)C(=O)[C@H](C)C[C@@]3(C)OC)[C@H]2O)cc1. The van der Waals surface area contributed by atoms with Gasteiger partial charge in [-0.2, -0.15) is 0 Å². The molecule has 0 aliphatic carbocycles. The molecule has 18 atom stereocenters. The molecule has 0 saturated carbocycles. The van der Waals surface area contributed by atoms with Crippen molar-refractivity contribution in [2.45, 2.75) is 186 Å². The third-order valence-corrected chi connectivity index (χ3v) is 13.7. The van der Waals surface area contributed by atoms with E-state index >= 15 is 0 Å². The number of nitrogens with zero attached hydrogens (tertiary/aromatic N) is 1. The number of carbonyl (C=O) groups excluding carboxylic acids is 2. The molecule has 14 nitrogen and oxygen atoms in total. The Morgan fingerprint density at radius 2 is 1.50 bits per heavy atom. The van der Waals surface area contributed by atoms with Crippen molar-refractivity contribution in [2.75, 3.05) is 21.3 Å². The van der Waals surface area contributed by atoms with Gasteiger partial charge in [0.1, 0.15) is 29.7 Å². The van der Waals surface area contributed by atoms with Gasteiger partial charge in [0.2, 0.25) is 0 Å². The van der Waals surface area contributed by atoms with E-state index in [2.05, 4.69) is 10.8 Å². The van der Waals surface area contributed by atoms with E-state index in [-0.39, 0.29) is 31.1 Å². The van der Waals surface area contributed by atoms with Gasteiger partial charge < -0.3 is 53.6 Å². The minimum atomic E-state index is -1.99. The first kappa shape index (κ1) is 50.1. The van der Waals surface area contributed by atoms with E-state index in [4.69, 9.17) is 39.6 Å². The molecule has 0 aromatic heterocycles. The predicted octanol–water partition coefficient (Wildman–Crippen LogP) is 3.99. The first-order chi connectivity index (χ1) is 28.0. The van der Waals surface area contributed by atoms with Gasteiger partial charge in [0.15, 0.2) is 12.6 Å². The number of ketones is 1. The highest BCUT2D eigenvalue weighted by atomic mass is 16.7. The van der Waals surface area contributed by atoms with Crippen LogP contribution in [0.1, 0.15) is 106 Å². The van der Waals surface area contributed by atoms with Crippen molar-refractivity contribution in [3.63, 3.8) is 0 Å². The highest BCUT2D eigenvalue weighted by Gasteiger charge is 2.54. The van der Waals surface area contributed by atoms with Crippen molar-refractivity contribution in [2.24, 2.45) is 23.7 Å². The summed E-state index contributed by atoms with van der Waals surface area (Å²) >= 11 is 0. The van der Waals surface area contributed by atoms with Crippen LogP contribution in [-0.4, -0.2) is 143 Å². The molecule has 0 amide bonds. The summed E-state index contributed by atoms with van der Waals surface area (Å²) < 4.78 is 44.5. The van der Waals surface area contributed by atoms with Crippen LogP contribution in [0.5, 0.6) is 0 Å². The molecular formula is C46H73NO13. The molecular weight excluding hydrogens is 774 g/mol. The number of benzene rings is 1. The number of esters is 1. The molecule has 340 valence electrons. The van der Waals surface area contributed by atoms with E-state index in [9.17, 15) is 30.0 Å². The van der Waals surface area contributed by atoms with Crippen LogP contribution in [0.15, 0.2) is 24.3 Å². The Balaban J connectivity index is 1.82. The van der Waals surface area contributed by atoms with Crippen molar-refractivity contribution < 1.29 is 63.2 Å². The number of ether oxygens (including phenoxy) is 7. The number of terminal acetylenes is 1. The van der Waals surface area contributed by atoms with Crippen LogP contribution in [0.2, 0.25) is 0 Å². The van der Waals surface area contributed by atoms with E-state index in [1.165, 1.54) is 21.1 Å². The molecule has 1 aromatic carbocycles. The smallest absolute Gasteiger partial charge is 0.311 e. The van der Waals surface area contributed by atoms with Crippen molar-refractivity contribution in [3.8, 4) is 12.3 Å². The summed E-state index contributed by atoms with van der Waals surface area (Å²) in [4.78, 5) is 30.6. The number of hydrogen-bond donors (Lipinski definition) is 4. The molecule has 4 N–H and O–H groups in total. The van der Waals surface area contributed by atoms with Gasteiger partial charge in [-0.3, -0.25) is 14.5 Å². The molecule has 0 unspecified atom stereocenters. The van der Waals surface area contributed by atoms with Gasteiger partial charge in [0, 0.05) is 56.5 Å². The van der Waals surface area contributed by atoms with E-state index in [0.29, 0.717) is 13.0 Å². The van der Waals surface area contributed by atoms with Crippen LogP contribution in [0, 0.1) is 36.0 Å². The highest BCUT2D eigenvalue weighted by molar-refractivity contribution is 5.83. The van der Waals surface area contributed by atoms with Crippen molar-refractivity contribution in [3.05, 3.63) is 35.4 Å². The molecule has 60 heavy (non-hydrogen) atoms. The lowest BCUT2D eigenvalue weighted by molar-refractivity contribution is -0.319. The maximum Gasteiger partial charge on any atom is 0.311 e. The number of carbonyl (C=O) groups is 2. The predicted molar refractivity (Wildman–Crippen MR) is 223 cm³/mol. The van der Waals surface area contributed by atoms with E-state index in [1.54, 1.807) is 48.5 Å². The minimum absolute atomic E-state index is 0.0829. The molecule has 0 bridgehead atoms. The van der Waals surface area contributed by atoms with Crippen LogP contribution in [0.3, 0.4) is 0 Å². The van der Waals surface area contributed by atoms with Gasteiger partial charge in [-0.05, 0) is 85.5 Å². The first-order valence-electron chi connectivity index (χ1n) is 21.5. The number of Topliss-reactive ketones (excluding diaryl/α,β-unsaturated/α-hetero) is 1. The van der Waals surface area contributed by atoms with Crippen molar-refractivity contribution >= 4 is 11.8 Å². The Kier molecular flexibility index (Phi) is 17.0. The number of likely N-dealkylation sites (N-methyl/N-ethyl adjacent to an activating group) is 1. The third kappa shape index (κ3) is 10.8. The average Bonchev–Trinajstić information content (AvgIpc) is 3.21. The monoisotopic (exact) mass is 848 g/mol. The fraction of sp³-hybridized carbons (Fsp3) is 0.783. The molecule has 14 heteroatoms. The number of cyclic esters (lactones) is 1. The van der Waals surface area contributed by atoms with Gasteiger partial charge in [0.05, 0.1) is 47.6 Å². The number of aliphatic hydroxyl groups excluding tert-OH is 3. The Morgan fingerprint density at radius 1 is 0.883 bits per heavy atom. The Morgan fingerprint density at radius 3 is 2.07 bits per heavy atom. The number of rotatable bonds is 10. The molecule has 0 spiro atoms. The van der Waals surface area contributed by atoms with Crippen LogP contribution in [0.4, 0.5) is 0 Å². The quantitative estimate of drug-likeness (QED) is 0.196. The van der Waals surface area contributed by atoms with Gasteiger partial charge in [0.25, 0.3) is 0 Å². The number of aliphatic hydroxyl groups is 4. The fourth-order valence-corrected chi connectivity index (χ4v) is 9.62. The second-order valence-electron chi connectivity index (χ2n) is 18.4. The lowest BCUT2D eigenvalue weighted by Crippen LogP contribution is -2.61. The fourth-order valence-electron chi connectivity index (χ4n) is 9.62. The topological polar surface area (TPSA) is 183 Å². The first-order valence-corrected chi connectivity index (χ1v) is 21.5. The molecule has 1 aromatic rings. The van der Waals surface area contributed by atoms with Gasteiger partial charge >= 0.3 is 5.97 Å². The van der Waals surface area contributed by atoms with Crippen LogP contribution in [0.25, 0.3) is 0 Å². The zero-order valence-electron chi connectivity index (χ0n) is 38.0. The molecule has 3 fully saturated rings. The summed E-state index contributed by atoms with van der Waals surface area (Å²) in [5, 5.41) is 46.4.